The van der Waals surface area contributed by atoms with Crippen molar-refractivity contribution in [1.29, 1.82) is 0 Å². The van der Waals surface area contributed by atoms with Gasteiger partial charge in [-0.2, -0.15) is 9.78 Å². The highest BCUT2D eigenvalue weighted by atomic mass is 35.5. The first kappa shape index (κ1) is 22.7. The molecule has 176 valence electrons. The lowest BCUT2D eigenvalue weighted by atomic mass is 10.2. The Morgan fingerprint density at radius 1 is 1.09 bits per heavy atom. The fourth-order valence-corrected chi connectivity index (χ4v) is 3.97. The molecular weight excluding hydrogens is 466 g/mol. The zero-order valence-corrected chi connectivity index (χ0v) is 20.1. The number of hydrogen-bond acceptors (Lipinski definition) is 6. The average molecular weight is 488 g/mol. The molecule has 0 aliphatic heterocycles. The van der Waals surface area contributed by atoms with Crippen LogP contribution in [-0.4, -0.2) is 29.1 Å². The molecule has 5 rings (SSSR count). The maximum Gasteiger partial charge on any atom is 0.282 e. The van der Waals surface area contributed by atoms with Crippen molar-refractivity contribution in [2.45, 2.75) is 20.0 Å². The summed E-state index contributed by atoms with van der Waals surface area (Å²) in [5, 5.41) is 6.35. The number of ether oxygens (including phenoxy) is 2. The van der Waals surface area contributed by atoms with Crippen molar-refractivity contribution in [1.82, 2.24) is 9.66 Å². The molecule has 2 aromatic heterocycles. The fraction of sp³-hybridized carbons (Fsp3) is 0.148. The van der Waals surface area contributed by atoms with E-state index in [2.05, 4.69) is 5.10 Å². The van der Waals surface area contributed by atoms with Gasteiger partial charge >= 0.3 is 0 Å². The number of rotatable bonds is 6. The summed E-state index contributed by atoms with van der Waals surface area (Å²) in [6.45, 7) is 3.86. The van der Waals surface area contributed by atoms with Gasteiger partial charge in [0.25, 0.3) is 5.56 Å². The summed E-state index contributed by atoms with van der Waals surface area (Å²) in [4.78, 5) is 18.2. The lowest BCUT2D eigenvalue weighted by Gasteiger charge is -2.15. The van der Waals surface area contributed by atoms with Crippen LogP contribution in [0.5, 0.6) is 11.5 Å². The zero-order valence-electron chi connectivity index (χ0n) is 19.4. The molecule has 0 amide bonds. The lowest BCUT2D eigenvalue weighted by Crippen LogP contribution is -2.20. The number of methoxy groups -OCH3 is 1. The summed E-state index contributed by atoms with van der Waals surface area (Å²) < 4.78 is 18.7. The van der Waals surface area contributed by atoms with Crippen molar-refractivity contribution in [3.8, 4) is 23.1 Å². The molecule has 0 N–H and O–H groups in total. The van der Waals surface area contributed by atoms with Crippen LogP contribution in [0.4, 0.5) is 0 Å². The van der Waals surface area contributed by atoms with Gasteiger partial charge in [0.15, 0.2) is 17.3 Å². The predicted molar refractivity (Wildman–Crippen MR) is 138 cm³/mol. The van der Waals surface area contributed by atoms with E-state index in [4.69, 9.17) is 30.5 Å². The largest absolute Gasteiger partial charge is 0.493 e. The van der Waals surface area contributed by atoms with E-state index >= 15 is 0 Å². The van der Waals surface area contributed by atoms with Crippen molar-refractivity contribution in [2.24, 2.45) is 5.10 Å². The van der Waals surface area contributed by atoms with Crippen LogP contribution in [-0.2, 0) is 0 Å². The van der Waals surface area contributed by atoms with Gasteiger partial charge in [0.1, 0.15) is 5.58 Å². The third kappa shape index (κ3) is 4.38. The highest BCUT2D eigenvalue weighted by molar-refractivity contribution is 6.31. The average Bonchev–Trinajstić information content (AvgIpc) is 3.27. The van der Waals surface area contributed by atoms with E-state index in [0.717, 1.165) is 5.39 Å². The molecule has 0 fully saturated rings. The van der Waals surface area contributed by atoms with Crippen LogP contribution in [0.3, 0.4) is 0 Å². The molecule has 0 saturated carbocycles. The van der Waals surface area contributed by atoms with E-state index in [1.807, 2.05) is 38.1 Å². The highest BCUT2D eigenvalue weighted by Gasteiger charge is 2.17. The molecule has 3 aromatic carbocycles. The minimum absolute atomic E-state index is 0.0820. The van der Waals surface area contributed by atoms with Gasteiger partial charge in [-0.25, -0.2) is 4.98 Å². The van der Waals surface area contributed by atoms with Crippen LogP contribution in [0.1, 0.15) is 19.4 Å². The Bertz CT molecular complexity index is 1640. The molecule has 5 aromatic rings. The smallest absolute Gasteiger partial charge is 0.282 e. The zero-order chi connectivity index (χ0) is 24.5. The molecule has 35 heavy (non-hydrogen) atoms. The number of para-hydroxylation sites is 2. The van der Waals surface area contributed by atoms with Gasteiger partial charge in [0.05, 0.1) is 30.3 Å². The van der Waals surface area contributed by atoms with Crippen LogP contribution in [0.15, 0.2) is 81.0 Å². The summed E-state index contributed by atoms with van der Waals surface area (Å²) in [6, 6.07) is 19.7. The standard InChI is InChI=1S/C27H22ClN3O4/c1-16(2)34-25-17(7-6-10-23(25)33-3)15-29-31-26(30-21-9-5-4-8-20(21)27(31)32)24-14-18-13-19(28)11-12-22(18)35-24/h4-16H,1-3H3. The number of furan rings is 1. The van der Waals surface area contributed by atoms with Gasteiger partial charge in [-0.3, -0.25) is 4.79 Å². The van der Waals surface area contributed by atoms with E-state index in [0.29, 0.717) is 44.3 Å². The Morgan fingerprint density at radius 3 is 2.71 bits per heavy atom. The molecule has 0 unspecified atom stereocenters. The highest BCUT2D eigenvalue weighted by Crippen LogP contribution is 2.32. The molecule has 7 nitrogen and oxygen atoms in total. The number of benzene rings is 3. The molecule has 0 saturated heterocycles. The molecule has 0 spiro atoms. The summed E-state index contributed by atoms with van der Waals surface area (Å²) >= 11 is 6.14. The third-order valence-corrected chi connectivity index (χ3v) is 5.58. The summed E-state index contributed by atoms with van der Waals surface area (Å²) in [6.07, 6.45) is 1.47. The first-order valence-corrected chi connectivity index (χ1v) is 11.4. The molecule has 0 bridgehead atoms. The minimum Gasteiger partial charge on any atom is -0.493 e. The van der Waals surface area contributed by atoms with Crippen molar-refractivity contribution in [3.05, 3.63) is 87.7 Å². The maximum absolute atomic E-state index is 13.5. The first-order chi connectivity index (χ1) is 16.9. The van der Waals surface area contributed by atoms with Gasteiger partial charge in [0, 0.05) is 16.0 Å². The number of fused-ring (bicyclic) bond motifs is 2. The second kappa shape index (κ2) is 9.27. The Balaban J connectivity index is 1.71. The third-order valence-electron chi connectivity index (χ3n) is 5.35. The number of halogens is 1. The van der Waals surface area contributed by atoms with Gasteiger partial charge < -0.3 is 13.9 Å². The monoisotopic (exact) mass is 487 g/mol. The molecule has 8 heteroatoms. The molecular formula is C27H22ClN3O4. The molecule has 0 aliphatic rings. The summed E-state index contributed by atoms with van der Waals surface area (Å²) in [5.41, 5.74) is 1.50. The SMILES string of the molecule is COc1cccc(C=Nn2c(-c3cc4cc(Cl)ccc4o3)nc3ccccc3c2=O)c1OC(C)C. The Labute approximate surface area is 206 Å². The quantitative estimate of drug-likeness (QED) is 0.269. The Kier molecular flexibility index (Phi) is 6.01. The molecule has 0 aliphatic carbocycles. The Hall–Kier alpha value is -4.10. The van der Waals surface area contributed by atoms with Crippen molar-refractivity contribution in [2.75, 3.05) is 7.11 Å². The van der Waals surface area contributed by atoms with Crippen molar-refractivity contribution in [3.63, 3.8) is 0 Å². The summed E-state index contributed by atoms with van der Waals surface area (Å²) in [5.74, 6) is 1.77. The number of nitrogens with zero attached hydrogens (tertiary/aromatic N) is 3. The maximum atomic E-state index is 13.5. The van der Waals surface area contributed by atoms with Crippen LogP contribution in [0, 0.1) is 0 Å². The van der Waals surface area contributed by atoms with Crippen molar-refractivity contribution >= 4 is 39.7 Å². The van der Waals surface area contributed by atoms with Crippen LogP contribution >= 0.6 is 11.6 Å². The first-order valence-electron chi connectivity index (χ1n) is 11.0. The van der Waals surface area contributed by atoms with Gasteiger partial charge in [0.2, 0.25) is 5.82 Å². The normalized spacial score (nSPS) is 11.7. The predicted octanol–water partition coefficient (Wildman–Crippen LogP) is 6.14. The van der Waals surface area contributed by atoms with Gasteiger partial charge in [-0.1, -0.05) is 29.8 Å². The van der Waals surface area contributed by atoms with Crippen LogP contribution < -0.4 is 15.0 Å². The second-order valence-corrected chi connectivity index (χ2v) is 8.59. The van der Waals surface area contributed by atoms with Gasteiger partial charge in [-0.15, -0.1) is 0 Å². The van der Waals surface area contributed by atoms with E-state index < -0.39 is 0 Å². The van der Waals surface area contributed by atoms with Crippen molar-refractivity contribution < 1.29 is 13.9 Å². The number of hydrogen-bond donors (Lipinski definition) is 0. The van der Waals surface area contributed by atoms with E-state index in [9.17, 15) is 4.79 Å². The van der Waals surface area contributed by atoms with Crippen LogP contribution in [0.2, 0.25) is 5.02 Å². The van der Waals surface area contributed by atoms with Gasteiger partial charge in [-0.05, 0) is 62.4 Å². The molecule has 2 heterocycles. The molecule has 0 atom stereocenters. The molecule has 0 radical (unpaired) electrons. The number of aromatic nitrogens is 2. The van der Waals surface area contributed by atoms with E-state index in [1.165, 1.54) is 4.68 Å². The van der Waals surface area contributed by atoms with E-state index in [1.54, 1.807) is 55.8 Å². The van der Waals surface area contributed by atoms with E-state index in [-0.39, 0.29) is 17.5 Å². The lowest BCUT2D eigenvalue weighted by molar-refractivity contribution is 0.230. The topological polar surface area (TPSA) is 78.9 Å². The van der Waals surface area contributed by atoms with Crippen LogP contribution in [0.25, 0.3) is 33.5 Å². The fourth-order valence-electron chi connectivity index (χ4n) is 3.79. The Morgan fingerprint density at radius 2 is 1.91 bits per heavy atom. The second-order valence-electron chi connectivity index (χ2n) is 8.15. The minimum atomic E-state index is -0.324. The summed E-state index contributed by atoms with van der Waals surface area (Å²) in [7, 11) is 1.58.